The number of fused-ring (bicyclic) bond motifs is 2. The van der Waals surface area contributed by atoms with Crippen molar-refractivity contribution in [1.82, 2.24) is 0 Å². The monoisotopic (exact) mass is 490 g/mol. The van der Waals surface area contributed by atoms with Gasteiger partial charge in [0.1, 0.15) is 0 Å². The molecule has 0 amide bonds. The Morgan fingerprint density at radius 3 is 2.35 bits per heavy atom. The second-order valence-electron chi connectivity index (χ2n) is 10.5. The molecular formula is C33H30O4. The molecule has 1 aliphatic rings. The van der Waals surface area contributed by atoms with Crippen molar-refractivity contribution in [2.24, 2.45) is 0 Å². The third kappa shape index (κ3) is 4.92. The Bertz CT molecular complexity index is 1550. The minimum Gasteiger partial charge on any atom is -0.419 e. The molecule has 0 N–H and O–H groups in total. The molecule has 0 aliphatic heterocycles. The Balaban J connectivity index is 1.53. The summed E-state index contributed by atoms with van der Waals surface area (Å²) in [4.78, 5) is 26.8. The number of hydrogen-bond acceptors (Lipinski definition) is 4. The van der Waals surface area contributed by atoms with Crippen LogP contribution in [0.15, 0.2) is 84.9 Å². The van der Waals surface area contributed by atoms with Crippen molar-refractivity contribution in [2.45, 2.75) is 46.0 Å². The van der Waals surface area contributed by atoms with E-state index in [2.05, 4.69) is 20.8 Å². The van der Waals surface area contributed by atoms with E-state index < -0.39 is 11.9 Å². The molecule has 0 spiro atoms. The quantitative estimate of drug-likeness (QED) is 0.218. The predicted octanol–water partition coefficient (Wildman–Crippen LogP) is 7.60. The first-order chi connectivity index (χ1) is 17.7. The van der Waals surface area contributed by atoms with Crippen LogP contribution in [0.3, 0.4) is 0 Å². The first-order valence-corrected chi connectivity index (χ1v) is 12.6. The molecular weight excluding hydrogens is 460 g/mol. The number of carbonyl (C=O) groups is 2. The van der Waals surface area contributed by atoms with Gasteiger partial charge in [0.05, 0.1) is 11.1 Å². The highest BCUT2D eigenvalue weighted by Crippen LogP contribution is 2.39. The molecule has 4 aromatic rings. The highest BCUT2D eigenvalue weighted by Gasteiger charge is 2.26. The molecule has 0 fully saturated rings. The van der Waals surface area contributed by atoms with Gasteiger partial charge in [0.2, 0.25) is 0 Å². The molecule has 0 aromatic heterocycles. The van der Waals surface area contributed by atoms with E-state index >= 15 is 0 Å². The molecule has 0 heterocycles. The van der Waals surface area contributed by atoms with Gasteiger partial charge in [-0.25, -0.2) is 9.59 Å². The molecule has 0 atom stereocenters. The largest absolute Gasteiger partial charge is 0.419 e. The summed E-state index contributed by atoms with van der Waals surface area (Å²) < 4.78 is 12.0. The summed E-state index contributed by atoms with van der Waals surface area (Å²) in [7, 11) is 0. The fourth-order valence-electron chi connectivity index (χ4n) is 4.76. The number of benzene rings is 4. The van der Waals surface area contributed by atoms with Crippen LogP contribution < -0.4 is 9.47 Å². The highest BCUT2D eigenvalue weighted by atomic mass is 16.6. The minimum atomic E-state index is -0.497. The number of allylic oxidation sites excluding steroid dienone is 1. The Morgan fingerprint density at radius 1 is 0.811 bits per heavy atom. The number of aryl methyl sites for hydroxylation is 2. The van der Waals surface area contributed by atoms with Crippen molar-refractivity contribution in [3.05, 3.63) is 113 Å². The predicted molar refractivity (Wildman–Crippen MR) is 147 cm³/mol. The molecule has 0 radical (unpaired) electrons. The lowest BCUT2D eigenvalue weighted by Crippen LogP contribution is -2.18. The molecule has 0 unspecified atom stereocenters. The maximum absolute atomic E-state index is 13.5. The van der Waals surface area contributed by atoms with Crippen LogP contribution in [-0.4, -0.2) is 11.9 Å². The fraction of sp³-hybridized carbons (Fsp3) is 0.212. The zero-order valence-corrected chi connectivity index (χ0v) is 21.6. The number of carbonyl (C=O) groups excluding carboxylic acids is 2. The highest BCUT2D eigenvalue weighted by molar-refractivity contribution is 6.18. The standard InChI is InChI=1S/C33H30O4/c1-21-19-24(33(2,3)4)20-29(36-31(34)27-17-9-13-22-11-5-7-15-25(22)27)30(21)37-32(35)28-18-10-14-23-12-6-8-16-26(23)28/h5-8,10-12,14-20H,9,13H2,1-4H3. The molecule has 4 aromatic carbocycles. The van der Waals surface area contributed by atoms with Crippen LogP contribution in [0.25, 0.3) is 16.3 Å². The van der Waals surface area contributed by atoms with E-state index in [1.165, 1.54) is 0 Å². The minimum absolute atomic E-state index is 0.194. The molecule has 0 saturated carbocycles. The van der Waals surface area contributed by atoms with E-state index in [0.29, 0.717) is 11.1 Å². The van der Waals surface area contributed by atoms with Gasteiger partial charge in [-0.05, 0) is 70.3 Å². The summed E-state index contributed by atoms with van der Waals surface area (Å²) >= 11 is 0. The van der Waals surface area contributed by atoms with Crippen LogP contribution in [-0.2, 0) is 16.6 Å². The molecule has 4 heteroatoms. The second kappa shape index (κ2) is 9.70. The SMILES string of the molecule is Cc1cc(C(C)(C)C)cc(OC(=O)C2=CCCc3ccccc32)c1OC(=O)c1cccc2ccccc12. The average Bonchev–Trinajstić information content (AvgIpc) is 2.89. The van der Waals surface area contributed by atoms with Crippen molar-refractivity contribution in [3.8, 4) is 11.5 Å². The Hall–Kier alpha value is -4.18. The van der Waals surface area contributed by atoms with Crippen molar-refractivity contribution < 1.29 is 19.1 Å². The van der Waals surface area contributed by atoms with E-state index in [9.17, 15) is 9.59 Å². The smallest absolute Gasteiger partial charge is 0.344 e. The van der Waals surface area contributed by atoms with Crippen LogP contribution in [0.2, 0.25) is 0 Å². The second-order valence-corrected chi connectivity index (χ2v) is 10.5. The van der Waals surface area contributed by atoms with Gasteiger partial charge in [0.15, 0.2) is 11.5 Å². The number of esters is 2. The maximum Gasteiger partial charge on any atom is 0.344 e. The number of rotatable bonds is 4. The summed E-state index contributed by atoms with van der Waals surface area (Å²) in [6.45, 7) is 8.15. The normalized spacial score (nSPS) is 13.0. The maximum atomic E-state index is 13.5. The Labute approximate surface area is 217 Å². The number of ether oxygens (including phenoxy) is 2. The Kier molecular flexibility index (Phi) is 6.43. The van der Waals surface area contributed by atoms with Crippen molar-refractivity contribution in [3.63, 3.8) is 0 Å². The lowest BCUT2D eigenvalue weighted by molar-refractivity contribution is -0.128. The topological polar surface area (TPSA) is 52.6 Å². The average molecular weight is 491 g/mol. The molecule has 4 nitrogen and oxygen atoms in total. The van der Waals surface area contributed by atoms with Gasteiger partial charge in [-0.2, -0.15) is 0 Å². The van der Waals surface area contributed by atoms with Gasteiger partial charge in [-0.3, -0.25) is 0 Å². The van der Waals surface area contributed by atoms with Crippen LogP contribution in [0.5, 0.6) is 11.5 Å². The van der Waals surface area contributed by atoms with Crippen LogP contribution >= 0.6 is 0 Å². The van der Waals surface area contributed by atoms with Gasteiger partial charge in [-0.1, -0.05) is 93.6 Å². The van der Waals surface area contributed by atoms with E-state index in [1.807, 2.05) is 85.8 Å². The van der Waals surface area contributed by atoms with Crippen molar-refractivity contribution in [1.29, 1.82) is 0 Å². The van der Waals surface area contributed by atoms with E-state index in [4.69, 9.17) is 9.47 Å². The summed E-state index contributed by atoms with van der Waals surface area (Å²) in [6, 6.07) is 24.9. The molecule has 5 rings (SSSR count). The third-order valence-corrected chi connectivity index (χ3v) is 6.80. The van der Waals surface area contributed by atoms with Gasteiger partial charge in [0, 0.05) is 0 Å². The van der Waals surface area contributed by atoms with Crippen LogP contribution in [0, 0.1) is 6.92 Å². The van der Waals surface area contributed by atoms with Crippen LogP contribution in [0.1, 0.15) is 59.8 Å². The molecule has 186 valence electrons. The lowest BCUT2D eigenvalue weighted by Gasteiger charge is -2.23. The molecule has 37 heavy (non-hydrogen) atoms. The summed E-state index contributed by atoms with van der Waals surface area (Å²) in [5.41, 5.74) is 4.51. The van der Waals surface area contributed by atoms with Crippen molar-refractivity contribution >= 4 is 28.3 Å². The first kappa shape index (κ1) is 24.5. The lowest BCUT2D eigenvalue weighted by atomic mass is 9.86. The third-order valence-electron chi connectivity index (χ3n) is 6.80. The summed E-state index contributed by atoms with van der Waals surface area (Å²) in [6.07, 6.45) is 3.58. The number of hydrogen-bond donors (Lipinski definition) is 0. The Morgan fingerprint density at radius 2 is 1.54 bits per heavy atom. The van der Waals surface area contributed by atoms with Gasteiger partial charge < -0.3 is 9.47 Å². The van der Waals surface area contributed by atoms with Crippen LogP contribution in [0.4, 0.5) is 0 Å². The summed E-state index contributed by atoms with van der Waals surface area (Å²) in [5, 5.41) is 1.76. The van der Waals surface area contributed by atoms with E-state index in [1.54, 1.807) is 6.07 Å². The molecule has 0 saturated heterocycles. The van der Waals surface area contributed by atoms with Gasteiger partial charge >= 0.3 is 11.9 Å². The van der Waals surface area contributed by atoms with Crippen molar-refractivity contribution in [2.75, 3.05) is 0 Å². The first-order valence-electron chi connectivity index (χ1n) is 12.6. The fourth-order valence-corrected chi connectivity index (χ4v) is 4.76. The van der Waals surface area contributed by atoms with Gasteiger partial charge in [-0.15, -0.1) is 0 Å². The van der Waals surface area contributed by atoms with E-state index in [0.717, 1.165) is 45.9 Å². The van der Waals surface area contributed by atoms with Gasteiger partial charge in [0.25, 0.3) is 0 Å². The van der Waals surface area contributed by atoms with E-state index in [-0.39, 0.29) is 16.9 Å². The molecule has 1 aliphatic carbocycles. The zero-order chi connectivity index (χ0) is 26.2. The molecule has 0 bridgehead atoms. The zero-order valence-electron chi connectivity index (χ0n) is 21.6. The summed E-state index contributed by atoms with van der Waals surface area (Å²) in [5.74, 6) is -0.459.